The van der Waals surface area contributed by atoms with Crippen LogP contribution in [-0.2, 0) is 0 Å². The molecule has 0 spiro atoms. The minimum Gasteiger partial charge on any atom is -0.330 e. The highest BCUT2D eigenvalue weighted by Gasteiger charge is 2.07. The van der Waals surface area contributed by atoms with Crippen LogP contribution in [-0.4, -0.2) is 12.4 Å². The standard InChI is InChI=1S/C6H14ClN/c1-5(3-7)6(2)4-8/h5-6H,3-4,8H2,1-2H3. The molecule has 1 nitrogen and oxygen atoms in total. The zero-order valence-electron chi connectivity index (χ0n) is 5.52. The maximum absolute atomic E-state index is 5.57. The van der Waals surface area contributed by atoms with Gasteiger partial charge in [-0.05, 0) is 18.4 Å². The summed E-state index contributed by atoms with van der Waals surface area (Å²) >= 11 is 5.57. The first kappa shape index (κ1) is 8.25. The fourth-order valence-corrected chi connectivity index (χ4v) is 0.689. The highest BCUT2D eigenvalue weighted by atomic mass is 35.5. The largest absolute Gasteiger partial charge is 0.330 e. The second-order valence-electron chi connectivity index (χ2n) is 2.34. The molecule has 8 heavy (non-hydrogen) atoms. The molecule has 2 unspecified atom stereocenters. The molecule has 0 bridgehead atoms. The molecule has 0 aromatic heterocycles. The van der Waals surface area contributed by atoms with Crippen molar-refractivity contribution in [2.75, 3.05) is 12.4 Å². The maximum atomic E-state index is 5.57. The number of nitrogens with two attached hydrogens (primary N) is 1. The SMILES string of the molecule is CC(CN)C(C)CCl. The van der Waals surface area contributed by atoms with Gasteiger partial charge >= 0.3 is 0 Å². The number of halogens is 1. The highest BCUT2D eigenvalue weighted by molar-refractivity contribution is 6.18. The van der Waals surface area contributed by atoms with E-state index in [-0.39, 0.29) is 0 Å². The normalized spacial score (nSPS) is 18.0. The molecule has 0 rings (SSSR count). The Morgan fingerprint density at radius 3 is 2.00 bits per heavy atom. The Bertz CT molecular complexity index is 48.5. The molecule has 0 aliphatic rings. The van der Waals surface area contributed by atoms with E-state index >= 15 is 0 Å². The zero-order valence-corrected chi connectivity index (χ0v) is 6.28. The van der Waals surface area contributed by atoms with Crippen molar-refractivity contribution in [2.45, 2.75) is 13.8 Å². The smallest absolute Gasteiger partial charge is 0.0252 e. The Kier molecular flexibility index (Phi) is 4.29. The highest BCUT2D eigenvalue weighted by Crippen LogP contribution is 2.09. The summed E-state index contributed by atoms with van der Waals surface area (Å²) < 4.78 is 0. The predicted molar refractivity (Wildman–Crippen MR) is 38.1 cm³/mol. The van der Waals surface area contributed by atoms with Crippen LogP contribution in [0.2, 0.25) is 0 Å². The number of alkyl halides is 1. The van der Waals surface area contributed by atoms with Gasteiger partial charge in [-0.3, -0.25) is 0 Å². The van der Waals surface area contributed by atoms with Gasteiger partial charge in [-0.15, -0.1) is 11.6 Å². The first-order valence-electron chi connectivity index (χ1n) is 2.98. The van der Waals surface area contributed by atoms with Crippen LogP contribution in [0.25, 0.3) is 0 Å². The quantitative estimate of drug-likeness (QED) is 0.583. The Balaban J connectivity index is 3.29. The predicted octanol–water partition coefficient (Wildman–Crippen LogP) is 1.46. The molecular weight excluding hydrogens is 122 g/mol. The van der Waals surface area contributed by atoms with Crippen LogP contribution in [0.15, 0.2) is 0 Å². The molecule has 0 fully saturated rings. The Hall–Kier alpha value is 0.250. The van der Waals surface area contributed by atoms with Gasteiger partial charge in [-0.1, -0.05) is 13.8 Å². The summed E-state index contributed by atoms with van der Waals surface area (Å²) in [6.45, 7) is 4.98. The van der Waals surface area contributed by atoms with E-state index in [4.69, 9.17) is 17.3 Å². The fourth-order valence-electron chi connectivity index (χ4n) is 0.384. The summed E-state index contributed by atoms with van der Waals surface area (Å²) in [6, 6.07) is 0. The Labute approximate surface area is 56.2 Å². The third kappa shape index (κ3) is 2.53. The lowest BCUT2D eigenvalue weighted by atomic mass is 9.99. The van der Waals surface area contributed by atoms with Crippen molar-refractivity contribution >= 4 is 11.6 Å². The average Bonchev–Trinajstić information content (AvgIpc) is 1.84. The molecule has 0 aliphatic heterocycles. The molecule has 0 heterocycles. The topological polar surface area (TPSA) is 26.0 Å². The van der Waals surface area contributed by atoms with Crippen molar-refractivity contribution in [1.82, 2.24) is 0 Å². The first-order chi connectivity index (χ1) is 3.72. The van der Waals surface area contributed by atoms with Crippen LogP contribution >= 0.6 is 11.6 Å². The Morgan fingerprint density at radius 2 is 1.88 bits per heavy atom. The number of hydrogen-bond acceptors (Lipinski definition) is 1. The van der Waals surface area contributed by atoms with Crippen molar-refractivity contribution < 1.29 is 0 Å². The maximum Gasteiger partial charge on any atom is 0.0252 e. The van der Waals surface area contributed by atoms with Gasteiger partial charge in [-0.25, -0.2) is 0 Å². The van der Waals surface area contributed by atoms with Crippen molar-refractivity contribution in [1.29, 1.82) is 0 Å². The summed E-state index contributed by atoms with van der Waals surface area (Å²) in [6.07, 6.45) is 0. The van der Waals surface area contributed by atoms with Gasteiger partial charge in [0.2, 0.25) is 0 Å². The lowest BCUT2D eigenvalue weighted by Crippen LogP contribution is -2.19. The van der Waals surface area contributed by atoms with Crippen molar-refractivity contribution in [2.24, 2.45) is 17.6 Å². The third-order valence-electron chi connectivity index (χ3n) is 1.59. The second kappa shape index (κ2) is 4.16. The first-order valence-corrected chi connectivity index (χ1v) is 3.51. The molecule has 2 heteroatoms. The molecule has 0 aliphatic carbocycles. The monoisotopic (exact) mass is 135 g/mol. The molecule has 0 amide bonds. The van der Waals surface area contributed by atoms with E-state index in [1.165, 1.54) is 0 Å². The van der Waals surface area contributed by atoms with E-state index in [9.17, 15) is 0 Å². The van der Waals surface area contributed by atoms with E-state index in [0.29, 0.717) is 11.8 Å². The molecule has 2 atom stereocenters. The van der Waals surface area contributed by atoms with Gasteiger partial charge in [0.1, 0.15) is 0 Å². The zero-order chi connectivity index (χ0) is 6.57. The minimum atomic E-state index is 0.557. The molecule has 50 valence electrons. The number of rotatable bonds is 3. The van der Waals surface area contributed by atoms with Crippen LogP contribution < -0.4 is 5.73 Å². The van der Waals surface area contributed by atoms with E-state index in [2.05, 4.69) is 13.8 Å². The van der Waals surface area contributed by atoms with E-state index in [1.54, 1.807) is 0 Å². The lowest BCUT2D eigenvalue weighted by Gasteiger charge is -2.13. The van der Waals surface area contributed by atoms with E-state index in [0.717, 1.165) is 12.4 Å². The minimum absolute atomic E-state index is 0.557. The summed E-state index contributed by atoms with van der Waals surface area (Å²) in [5, 5.41) is 0. The summed E-state index contributed by atoms with van der Waals surface area (Å²) in [4.78, 5) is 0. The molecule has 2 N–H and O–H groups in total. The van der Waals surface area contributed by atoms with Gasteiger partial charge in [0.05, 0.1) is 0 Å². The molecule has 0 aromatic rings. The molecule has 0 saturated heterocycles. The van der Waals surface area contributed by atoms with Crippen molar-refractivity contribution in [3.05, 3.63) is 0 Å². The third-order valence-corrected chi connectivity index (χ3v) is 2.07. The lowest BCUT2D eigenvalue weighted by molar-refractivity contribution is 0.434. The summed E-state index contributed by atoms with van der Waals surface area (Å²) in [7, 11) is 0. The fraction of sp³-hybridized carbons (Fsp3) is 1.00. The second-order valence-corrected chi connectivity index (χ2v) is 2.65. The van der Waals surface area contributed by atoms with Gasteiger partial charge in [0, 0.05) is 5.88 Å². The number of hydrogen-bond donors (Lipinski definition) is 1. The van der Waals surface area contributed by atoms with Crippen LogP contribution in [0.5, 0.6) is 0 Å². The summed E-state index contributed by atoms with van der Waals surface area (Å²) in [5.74, 6) is 1.84. The molecule has 0 saturated carbocycles. The Morgan fingerprint density at radius 1 is 1.38 bits per heavy atom. The van der Waals surface area contributed by atoms with Crippen LogP contribution in [0.3, 0.4) is 0 Å². The van der Waals surface area contributed by atoms with Crippen molar-refractivity contribution in [3.8, 4) is 0 Å². The van der Waals surface area contributed by atoms with Gasteiger partial charge in [0.25, 0.3) is 0 Å². The average molecular weight is 136 g/mol. The summed E-state index contributed by atoms with van der Waals surface area (Å²) in [5.41, 5.74) is 5.39. The molecular formula is C6H14ClN. The van der Waals surface area contributed by atoms with Gasteiger partial charge < -0.3 is 5.73 Å². The van der Waals surface area contributed by atoms with Crippen LogP contribution in [0, 0.1) is 11.8 Å². The van der Waals surface area contributed by atoms with E-state index in [1.807, 2.05) is 0 Å². The van der Waals surface area contributed by atoms with Crippen molar-refractivity contribution in [3.63, 3.8) is 0 Å². The van der Waals surface area contributed by atoms with Gasteiger partial charge in [-0.2, -0.15) is 0 Å². The molecule has 0 radical (unpaired) electrons. The van der Waals surface area contributed by atoms with Gasteiger partial charge in [0.15, 0.2) is 0 Å². The van der Waals surface area contributed by atoms with Crippen LogP contribution in [0.1, 0.15) is 13.8 Å². The van der Waals surface area contributed by atoms with Crippen LogP contribution in [0.4, 0.5) is 0 Å². The van der Waals surface area contributed by atoms with E-state index < -0.39 is 0 Å². The molecule has 0 aromatic carbocycles.